The summed E-state index contributed by atoms with van der Waals surface area (Å²) in [6.45, 7) is 2.22. The standard InChI is InChI=1S/C10H17NO5S/c1-8(10(13)14)17(15,16)7-9(12)11-5-3-2-4-6-11/h8H,2-7H2,1H3,(H,13,14). The Balaban J connectivity index is 2.64. The summed E-state index contributed by atoms with van der Waals surface area (Å²) in [5, 5.41) is 7.11. The second-order valence-corrected chi connectivity index (χ2v) is 6.55. The van der Waals surface area contributed by atoms with Crippen molar-refractivity contribution >= 4 is 21.7 Å². The first-order valence-electron chi connectivity index (χ1n) is 5.57. The Hall–Kier alpha value is -1.11. The van der Waals surface area contributed by atoms with Crippen LogP contribution in [-0.4, -0.2) is 54.4 Å². The number of amides is 1. The largest absolute Gasteiger partial charge is 0.480 e. The zero-order valence-electron chi connectivity index (χ0n) is 9.76. The maximum Gasteiger partial charge on any atom is 0.321 e. The molecule has 0 bridgehead atoms. The van der Waals surface area contributed by atoms with Gasteiger partial charge in [-0.15, -0.1) is 0 Å². The molecule has 1 N–H and O–H groups in total. The second kappa shape index (κ2) is 5.48. The average Bonchev–Trinajstić information content (AvgIpc) is 2.28. The van der Waals surface area contributed by atoms with E-state index in [1.165, 1.54) is 4.90 Å². The first-order valence-corrected chi connectivity index (χ1v) is 7.28. The molecule has 6 nitrogen and oxygen atoms in total. The van der Waals surface area contributed by atoms with Crippen LogP contribution in [0.15, 0.2) is 0 Å². The van der Waals surface area contributed by atoms with Crippen molar-refractivity contribution in [1.82, 2.24) is 4.90 Å². The maximum atomic E-state index is 11.7. The van der Waals surface area contributed by atoms with Crippen LogP contribution in [0.25, 0.3) is 0 Å². The Labute approximate surface area is 101 Å². The highest BCUT2D eigenvalue weighted by Crippen LogP contribution is 2.11. The Morgan fingerprint density at radius 3 is 2.24 bits per heavy atom. The van der Waals surface area contributed by atoms with E-state index < -0.39 is 32.7 Å². The van der Waals surface area contributed by atoms with Gasteiger partial charge in [0, 0.05) is 13.1 Å². The lowest BCUT2D eigenvalue weighted by atomic mass is 10.1. The zero-order chi connectivity index (χ0) is 13.1. The highest BCUT2D eigenvalue weighted by molar-refractivity contribution is 7.93. The number of aliphatic carboxylic acids is 1. The summed E-state index contributed by atoms with van der Waals surface area (Å²) in [7, 11) is -3.90. The Morgan fingerprint density at radius 2 is 1.76 bits per heavy atom. The number of carbonyl (C=O) groups is 2. The third-order valence-corrected chi connectivity index (χ3v) is 4.85. The molecule has 1 fully saturated rings. The Morgan fingerprint density at radius 1 is 1.24 bits per heavy atom. The SMILES string of the molecule is CC(C(=O)O)S(=O)(=O)CC(=O)N1CCCCC1. The third kappa shape index (κ3) is 3.69. The summed E-state index contributed by atoms with van der Waals surface area (Å²) in [6.07, 6.45) is 2.79. The van der Waals surface area contributed by atoms with Gasteiger partial charge in [0.2, 0.25) is 5.91 Å². The maximum absolute atomic E-state index is 11.7. The summed E-state index contributed by atoms with van der Waals surface area (Å²) in [5.41, 5.74) is 0. The first kappa shape index (κ1) is 14.0. The van der Waals surface area contributed by atoms with E-state index >= 15 is 0 Å². The van der Waals surface area contributed by atoms with Gasteiger partial charge in [-0.05, 0) is 26.2 Å². The molecule has 1 aliphatic rings. The molecule has 0 aromatic rings. The van der Waals surface area contributed by atoms with Crippen LogP contribution >= 0.6 is 0 Å². The predicted molar refractivity (Wildman–Crippen MR) is 61.3 cm³/mol. The molecule has 17 heavy (non-hydrogen) atoms. The van der Waals surface area contributed by atoms with E-state index in [0.717, 1.165) is 26.2 Å². The van der Waals surface area contributed by atoms with Crippen molar-refractivity contribution in [3.8, 4) is 0 Å². The van der Waals surface area contributed by atoms with Gasteiger partial charge in [-0.1, -0.05) is 0 Å². The number of carbonyl (C=O) groups excluding carboxylic acids is 1. The van der Waals surface area contributed by atoms with Crippen molar-refractivity contribution in [3.05, 3.63) is 0 Å². The molecule has 1 amide bonds. The molecule has 98 valence electrons. The molecule has 1 rings (SSSR count). The van der Waals surface area contributed by atoms with Gasteiger partial charge in [0.05, 0.1) is 0 Å². The van der Waals surface area contributed by atoms with Crippen LogP contribution in [0.1, 0.15) is 26.2 Å². The van der Waals surface area contributed by atoms with Gasteiger partial charge in [-0.25, -0.2) is 8.42 Å². The van der Waals surface area contributed by atoms with Crippen molar-refractivity contribution in [2.45, 2.75) is 31.4 Å². The van der Waals surface area contributed by atoms with Crippen LogP contribution < -0.4 is 0 Å². The minimum atomic E-state index is -3.90. The molecule has 0 aliphatic carbocycles. The Bertz CT molecular complexity index is 397. The van der Waals surface area contributed by atoms with Gasteiger partial charge in [-0.2, -0.15) is 0 Å². The van der Waals surface area contributed by atoms with Gasteiger partial charge in [0.1, 0.15) is 5.75 Å². The van der Waals surface area contributed by atoms with E-state index in [1.54, 1.807) is 0 Å². The number of piperidine rings is 1. The molecular weight excluding hydrogens is 246 g/mol. The molecule has 0 saturated carbocycles. The van der Waals surface area contributed by atoms with Crippen LogP contribution in [0, 0.1) is 0 Å². The summed E-state index contributed by atoms with van der Waals surface area (Å²) >= 11 is 0. The molecule has 0 aromatic heterocycles. The lowest BCUT2D eigenvalue weighted by molar-refractivity contribution is -0.136. The minimum absolute atomic E-state index is 0.488. The number of rotatable bonds is 4. The zero-order valence-corrected chi connectivity index (χ0v) is 10.6. The molecular formula is C10H17NO5S. The number of carboxylic acids is 1. The highest BCUT2D eigenvalue weighted by Gasteiger charge is 2.31. The summed E-state index contributed by atoms with van der Waals surface area (Å²) in [5.74, 6) is -2.62. The van der Waals surface area contributed by atoms with Crippen molar-refractivity contribution in [2.75, 3.05) is 18.8 Å². The normalized spacial score (nSPS) is 18.8. The van der Waals surface area contributed by atoms with Crippen LogP contribution in [-0.2, 0) is 19.4 Å². The molecule has 0 spiro atoms. The molecule has 0 aromatic carbocycles. The van der Waals surface area contributed by atoms with E-state index in [1.807, 2.05) is 0 Å². The van der Waals surface area contributed by atoms with Crippen LogP contribution in [0.2, 0.25) is 0 Å². The van der Waals surface area contributed by atoms with Gasteiger partial charge in [-0.3, -0.25) is 9.59 Å². The van der Waals surface area contributed by atoms with E-state index in [9.17, 15) is 18.0 Å². The minimum Gasteiger partial charge on any atom is -0.480 e. The van der Waals surface area contributed by atoms with E-state index in [2.05, 4.69) is 0 Å². The van der Waals surface area contributed by atoms with Gasteiger partial charge >= 0.3 is 5.97 Å². The monoisotopic (exact) mass is 263 g/mol. The number of likely N-dealkylation sites (tertiary alicyclic amines) is 1. The highest BCUT2D eigenvalue weighted by atomic mass is 32.2. The van der Waals surface area contributed by atoms with Crippen LogP contribution in [0.3, 0.4) is 0 Å². The summed E-state index contributed by atoms with van der Waals surface area (Å²) < 4.78 is 23.2. The fraction of sp³-hybridized carbons (Fsp3) is 0.800. The van der Waals surface area contributed by atoms with Crippen molar-refractivity contribution in [2.24, 2.45) is 0 Å². The first-order chi connectivity index (χ1) is 7.84. The molecule has 1 saturated heterocycles. The number of sulfone groups is 1. The topological polar surface area (TPSA) is 91.7 Å². The van der Waals surface area contributed by atoms with Crippen LogP contribution in [0.5, 0.6) is 0 Å². The number of hydrogen-bond acceptors (Lipinski definition) is 4. The van der Waals surface area contributed by atoms with Crippen molar-refractivity contribution in [3.63, 3.8) is 0 Å². The molecule has 1 unspecified atom stereocenters. The van der Waals surface area contributed by atoms with Crippen molar-refractivity contribution < 1.29 is 23.1 Å². The smallest absolute Gasteiger partial charge is 0.321 e. The molecule has 7 heteroatoms. The lowest BCUT2D eigenvalue weighted by Gasteiger charge is -2.26. The van der Waals surface area contributed by atoms with Gasteiger partial charge < -0.3 is 10.0 Å². The quantitative estimate of drug-likeness (QED) is 0.764. The van der Waals surface area contributed by atoms with Crippen molar-refractivity contribution in [1.29, 1.82) is 0 Å². The number of hydrogen-bond donors (Lipinski definition) is 1. The molecule has 1 heterocycles. The predicted octanol–water partition coefficient (Wildman–Crippen LogP) is -0.113. The van der Waals surface area contributed by atoms with Gasteiger partial charge in [0.25, 0.3) is 0 Å². The average molecular weight is 263 g/mol. The molecule has 1 atom stereocenters. The van der Waals surface area contributed by atoms with Crippen LogP contribution in [0.4, 0.5) is 0 Å². The van der Waals surface area contributed by atoms with Gasteiger partial charge in [0.15, 0.2) is 15.1 Å². The van der Waals surface area contributed by atoms with E-state index in [4.69, 9.17) is 5.11 Å². The Kier molecular flexibility index (Phi) is 4.50. The molecule has 0 radical (unpaired) electrons. The lowest BCUT2D eigenvalue weighted by Crippen LogP contribution is -2.42. The summed E-state index contributed by atoms with van der Waals surface area (Å²) in [4.78, 5) is 23.8. The van der Waals surface area contributed by atoms with E-state index in [0.29, 0.717) is 13.1 Å². The van der Waals surface area contributed by atoms with E-state index in [-0.39, 0.29) is 0 Å². The fourth-order valence-corrected chi connectivity index (χ4v) is 2.77. The number of nitrogens with zero attached hydrogens (tertiary/aromatic N) is 1. The third-order valence-electron chi connectivity index (χ3n) is 2.92. The fourth-order valence-electron chi connectivity index (χ4n) is 1.69. The number of carboxylic acid groups (broad SMARTS) is 1. The molecule has 1 aliphatic heterocycles. The second-order valence-electron chi connectivity index (χ2n) is 4.23. The summed E-state index contributed by atoms with van der Waals surface area (Å²) in [6, 6.07) is 0.